The van der Waals surface area contributed by atoms with Gasteiger partial charge in [-0.15, -0.1) is 0 Å². The molecule has 7 nitrogen and oxygen atoms in total. The van der Waals surface area contributed by atoms with Gasteiger partial charge in [0.25, 0.3) is 11.8 Å². The van der Waals surface area contributed by atoms with Crippen molar-refractivity contribution in [1.82, 2.24) is 10.6 Å². The van der Waals surface area contributed by atoms with Gasteiger partial charge in [0.05, 0.1) is 24.0 Å². The summed E-state index contributed by atoms with van der Waals surface area (Å²) in [7, 11) is 0. The smallest absolute Gasteiger partial charge is 0.257 e. The van der Waals surface area contributed by atoms with E-state index in [1.807, 2.05) is 36.4 Å². The van der Waals surface area contributed by atoms with Gasteiger partial charge in [0.15, 0.2) is 5.11 Å². The van der Waals surface area contributed by atoms with Crippen LogP contribution in [0.3, 0.4) is 0 Å². The Morgan fingerprint density at radius 3 is 2.58 bits per heavy atom. The van der Waals surface area contributed by atoms with Crippen molar-refractivity contribution in [2.75, 3.05) is 25.1 Å². The lowest BCUT2D eigenvalue weighted by atomic mass is 10.1. The second-order valence-corrected chi connectivity index (χ2v) is 8.82. The van der Waals surface area contributed by atoms with Gasteiger partial charge in [-0.3, -0.25) is 14.9 Å². The number of nitrogens with one attached hydrogen (secondary N) is 3. The highest BCUT2D eigenvalue weighted by atomic mass is 32.1. The highest BCUT2D eigenvalue weighted by Gasteiger charge is 2.18. The summed E-state index contributed by atoms with van der Waals surface area (Å²) < 4.78 is 11.4. The number of ether oxygens (including phenoxy) is 2. The number of carbonyl (C=O) groups is 2. The predicted molar refractivity (Wildman–Crippen MR) is 144 cm³/mol. The highest BCUT2D eigenvalue weighted by molar-refractivity contribution is 7.80. The van der Waals surface area contributed by atoms with E-state index in [1.165, 1.54) is 5.56 Å². The second kappa shape index (κ2) is 12.8. The molecule has 0 bridgehead atoms. The summed E-state index contributed by atoms with van der Waals surface area (Å²) in [6.45, 7) is 1.69. The minimum atomic E-state index is -0.374. The topological polar surface area (TPSA) is 88.7 Å². The number of hydrogen-bond acceptors (Lipinski definition) is 5. The lowest BCUT2D eigenvalue weighted by molar-refractivity contribution is 0.0858. The molecule has 186 valence electrons. The molecule has 1 atom stereocenters. The van der Waals surface area contributed by atoms with Gasteiger partial charge >= 0.3 is 0 Å². The zero-order chi connectivity index (χ0) is 25.2. The average Bonchev–Trinajstić information content (AvgIpc) is 3.42. The third-order valence-corrected chi connectivity index (χ3v) is 5.96. The molecule has 3 aromatic carbocycles. The van der Waals surface area contributed by atoms with Gasteiger partial charge in [0.1, 0.15) is 5.75 Å². The molecule has 0 aliphatic carbocycles. The van der Waals surface area contributed by atoms with Crippen LogP contribution in [-0.2, 0) is 11.2 Å². The first-order chi connectivity index (χ1) is 17.6. The molecule has 8 heteroatoms. The first-order valence-corrected chi connectivity index (χ1v) is 12.4. The van der Waals surface area contributed by atoms with Crippen LogP contribution in [0.15, 0.2) is 78.9 Å². The van der Waals surface area contributed by atoms with E-state index in [-0.39, 0.29) is 23.0 Å². The summed E-state index contributed by atoms with van der Waals surface area (Å²) >= 11 is 5.34. The largest absolute Gasteiger partial charge is 0.493 e. The van der Waals surface area contributed by atoms with Crippen LogP contribution < -0.4 is 20.7 Å². The minimum Gasteiger partial charge on any atom is -0.493 e. The van der Waals surface area contributed by atoms with Crippen molar-refractivity contribution in [3.63, 3.8) is 0 Å². The Bertz CT molecular complexity index is 1200. The van der Waals surface area contributed by atoms with E-state index >= 15 is 0 Å². The maximum Gasteiger partial charge on any atom is 0.257 e. The number of thiocarbonyl (C=S) groups is 1. The number of amides is 2. The fourth-order valence-electron chi connectivity index (χ4n) is 3.88. The molecule has 1 saturated heterocycles. The molecule has 1 aliphatic rings. The van der Waals surface area contributed by atoms with Crippen LogP contribution in [0.2, 0.25) is 0 Å². The zero-order valence-electron chi connectivity index (χ0n) is 19.9. The van der Waals surface area contributed by atoms with Crippen molar-refractivity contribution < 1.29 is 19.1 Å². The fourth-order valence-corrected chi connectivity index (χ4v) is 4.09. The Labute approximate surface area is 216 Å². The van der Waals surface area contributed by atoms with E-state index in [1.54, 1.807) is 42.5 Å². The quantitative estimate of drug-likeness (QED) is 0.377. The number of carbonyl (C=O) groups excluding carboxylic acids is 2. The van der Waals surface area contributed by atoms with Crippen LogP contribution in [0, 0.1) is 0 Å². The average molecular weight is 504 g/mol. The van der Waals surface area contributed by atoms with E-state index in [2.05, 4.69) is 16.0 Å². The molecule has 1 aliphatic heterocycles. The fraction of sp³-hybridized carbons (Fsp3) is 0.250. The standard InChI is InChI=1S/C28H29N3O4S/c32-26(21-10-6-11-22(18-21)35-17-15-20-8-2-1-3-9-20)31-28(36)30-25-14-5-4-13-24(25)27(33)29-19-23-12-7-16-34-23/h1-6,8-11,13-14,18,23H,7,12,15-17,19H2,(H,29,33)(H2,30,31,32,36). The van der Waals surface area contributed by atoms with E-state index in [9.17, 15) is 9.59 Å². The van der Waals surface area contributed by atoms with Crippen LogP contribution in [0.4, 0.5) is 5.69 Å². The first-order valence-electron chi connectivity index (χ1n) is 12.0. The van der Waals surface area contributed by atoms with Crippen molar-refractivity contribution in [1.29, 1.82) is 0 Å². The molecule has 36 heavy (non-hydrogen) atoms. The van der Waals surface area contributed by atoms with E-state index < -0.39 is 0 Å². The van der Waals surface area contributed by atoms with Crippen LogP contribution >= 0.6 is 12.2 Å². The van der Waals surface area contributed by atoms with Crippen molar-refractivity contribution in [2.24, 2.45) is 0 Å². The lowest BCUT2D eigenvalue weighted by Crippen LogP contribution is -2.35. The number of anilines is 1. The number of hydrogen-bond donors (Lipinski definition) is 3. The molecular weight excluding hydrogens is 474 g/mol. The molecule has 2 amide bonds. The Morgan fingerprint density at radius 2 is 1.78 bits per heavy atom. The lowest BCUT2D eigenvalue weighted by Gasteiger charge is -2.15. The minimum absolute atomic E-state index is 0.0486. The van der Waals surface area contributed by atoms with Crippen molar-refractivity contribution in [3.8, 4) is 5.75 Å². The molecule has 0 aromatic heterocycles. The van der Waals surface area contributed by atoms with Gasteiger partial charge in [-0.25, -0.2) is 0 Å². The van der Waals surface area contributed by atoms with Gasteiger partial charge in [-0.05, 0) is 61.0 Å². The SMILES string of the molecule is O=C(NC(=S)Nc1ccccc1C(=O)NCC1CCCO1)c1cccc(OCCc2ccccc2)c1. The van der Waals surface area contributed by atoms with Gasteiger partial charge in [0, 0.05) is 25.1 Å². The van der Waals surface area contributed by atoms with Crippen LogP contribution in [0.25, 0.3) is 0 Å². The Balaban J connectivity index is 1.30. The van der Waals surface area contributed by atoms with E-state index in [0.29, 0.717) is 35.7 Å². The van der Waals surface area contributed by atoms with Crippen LogP contribution in [0.1, 0.15) is 39.1 Å². The van der Waals surface area contributed by atoms with Crippen molar-refractivity contribution >= 4 is 34.8 Å². The number of rotatable bonds is 9. The van der Waals surface area contributed by atoms with Gasteiger partial charge in [-0.2, -0.15) is 0 Å². The summed E-state index contributed by atoms with van der Waals surface area (Å²) in [4.78, 5) is 25.5. The first kappa shape index (κ1) is 25.3. The molecule has 3 N–H and O–H groups in total. The molecule has 1 unspecified atom stereocenters. The Morgan fingerprint density at radius 1 is 0.972 bits per heavy atom. The summed E-state index contributed by atoms with van der Waals surface area (Å²) in [5.41, 5.74) is 2.54. The van der Waals surface area contributed by atoms with Crippen LogP contribution in [-0.4, -0.2) is 42.8 Å². The zero-order valence-corrected chi connectivity index (χ0v) is 20.7. The molecule has 1 heterocycles. The second-order valence-electron chi connectivity index (χ2n) is 8.41. The predicted octanol–water partition coefficient (Wildman–Crippen LogP) is 4.34. The van der Waals surface area contributed by atoms with Crippen LogP contribution in [0.5, 0.6) is 5.75 Å². The molecule has 3 aromatic rings. The van der Waals surface area contributed by atoms with Crippen molar-refractivity contribution in [3.05, 3.63) is 95.6 Å². The molecule has 4 rings (SSSR count). The summed E-state index contributed by atoms with van der Waals surface area (Å²) in [6.07, 6.45) is 2.77. The monoisotopic (exact) mass is 503 g/mol. The maximum atomic E-state index is 12.8. The van der Waals surface area contributed by atoms with Crippen molar-refractivity contribution in [2.45, 2.75) is 25.4 Å². The molecule has 0 radical (unpaired) electrons. The molecule has 0 spiro atoms. The van der Waals surface area contributed by atoms with Gasteiger partial charge < -0.3 is 20.1 Å². The Hall–Kier alpha value is -3.75. The Kier molecular flexibility index (Phi) is 9.02. The van der Waals surface area contributed by atoms with Gasteiger partial charge in [0.2, 0.25) is 0 Å². The van der Waals surface area contributed by atoms with Gasteiger partial charge in [-0.1, -0.05) is 48.5 Å². The molecule has 0 saturated carbocycles. The summed E-state index contributed by atoms with van der Waals surface area (Å²) in [6, 6.07) is 24.0. The molecule has 1 fully saturated rings. The van der Waals surface area contributed by atoms with E-state index in [0.717, 1.165) is 25.9 Å². The number of para-hydroxylation sites is 1. The summed E-state index contributed by atoms with van der Waals surface area (Å²) in [5, 5.41) is 8.63. The highest BCUT2D eigenvalue weighted by Crippen LogP contribution is 2.17. The number of benzene rings is 3. The normalized spacial score (nSPS) is 14.6. The van der Waals surface area contributed by atoms with E-state index in [4.69, 9.17) is 21.7 Å². The third-order valence-electron chi connectivity index (χ3n) is 5.76. The molecular formula is C28H29N3O4S. The maximum absolute atomic E-state index is 12.8. The third kappa shape index (κ3) is 7.37. The summed E-state index contributed by atoms with van der Waals surface area (Å²) in [5.74, 6) is -0.00452.